The summed E-state index contributed by atoms with van der Waals surface area (Å²) in [5, 5.41) is 0. The SMILES string of the molecule is CCCCC(CC)CS(=O)(=O)c1c(Br)sc2c(S(=O)(=O)CC(CC)CCCC)c(Br)sc12. The molecule has 2 atom stereocenters. The fourth-order valence-electron chi connectivity index (χ4n) is 3.95. The minimum Gasteiger partial charge on any atom is -0.224 e. The maximum atomic E-state index is 13.4. The van der Waals surface area contributed by atoms with Gasteiger partial charge in [0.05, 0.1) is 28.5 Å². The molecule has 2 rings (SSSR count). The van der Waals surface area contributed by atoms with Crippen molar-refractivity contribution in [3.63, 3.8) is 0 Å². The third-order valence-electron chi connectivity index (χ3n) is 5.98. The molecule has 0 bridgehead atoms. The first-order valence-electron chi connectivity index (χ1n) is 11.4. The molecule has 4 nitrogen and oxygen atoms in total. The van der Waals surface area contributed by atoms with E-state index in [9.17, 15) is 16.8 Å². The molecule has 0 N–H and O–H groups in total. The Hall–Kier alpha value is 0.520. The fourth-order valence-corrected chi connectivity index (χ4v) is 14.8. The van der Waals surface area contributed by atoms with Gasteiger partial charge in [-0.3, -0.25) is 0 Å². The van der Waals surface area contributed by atoms with Crippen LogP contribution in [0.25, 0.3) is 9.40 Å². The molecular weight excluding hydrogens is 616 g/mol. The van der Waals surface area contributed by atoms with Gasteiger partial charge in [0.1, 0.15) is 9.79 Å². The van der Waals surface area contributed by atoms with E-state index >= 15 is 0 Å². The van der Waals surface area contributed by atoms with Crippen LogP contribution >= 0.6 is 54.5 Å². The Kier molecular flexibility index (Phi) is 11.2. The molecule has 0 radical (unpaired) electrons. The van der Waals surface area contributed by atoms with E-state index in [-0.39, 0.29) is 33.1 Å². The van der Waals surface area contributed by atoms with E-state index in [1.165, 1.54) is 22.7 Å². The van der Waals surface area contributed by atoms with Crippen LogP contribution in [0.3, 0.4) is 0 Å². The van der Waals surface area contributed by atoms with Crippen LogP contribution in [0, 0.1) is 11.8 Å². The highest BCUT2D eigenvalue weighted by Gasteiger charge is 2.33. The summed E-state index contributed by atoms with van der Waals surface area (Å²) in [6.07, 6.45) is 7.51. The second-order valence-corrected chi connectivity index (χ2v) is 17.1. The normalized spacial score (nSPS) is 14.8. The number of fused-ring (bicyclic) bond motifs is 1. The minimum atomic E-state index is -3.55. The highest BCUT2D eigenvalue weighted by Crippen LogP contribution is 2.50. The van der Waals surface area contributed by atoms with Crippen molar-refractivity contribution in [2.45, 2.75) is 88.9 Å². The summed E-state index contributed by atoms with van der Waals surface area (Å²) in [5.41, 5.74) is 0. The topological polar surface area (TPSA) is 68.3 Å². The lowest BCUT2D eigenvalue weighted by Gasteiger charge is -2.14. The van der Waals surface area contributed by atoms with Crippen LogP contribution in [-0.2, 0) is 19.7 Å². The number of hydrogen-bond acceptors (Lipinski definition) is 6. The highest BCUT2D eigenvalue weighted by molar-refractivity contribution is 9.11. The van der Waals surface area contributed by atoms with Gasteiger partial charge in [-0.1, -0.05) is 66.2 Å². The van der Waals surface area contributed by atoms with Crippen molar-refractivity contribution in [3.05, 3.63) is 7.57 Å². The molecule has 0 spiro atoms. The molecule has 0 amide bonds. The van der Waals surface area contributed by atoms with Gasteiger partial charge in [0.25, 0.3) is 0 Å². The minimum absolute atomic E-state index is 0.0977. The molecule has 0 aromatic carbocycles. The Morgan fingerprint density at radius 3 is 1.31 bits per heavy atom. The molecular formula is C22H34Br2O4S4. The van der Waals surface area contributed by atoms with Crippen LogP contribution < -0.4 is 0 Å². The van der Waals surface area contributed by atoms with Crippen LogP contribution in [0.15, 0.2) is 17.4 Å². The molecule has 2 heterocycles. The first-order valence-corrected chi connectivity index (χ1v) is 17.9. The predicted molar refractivity (Wildman–Crippen MR) is 146 cm³/mol. The Morgan fingerprint density at radius 1 is 0.688 bits per heavy atom. The van der Waals surface area contributed by atoms with Crippen LogP contribution in [0.2, 0.25) is 0 Å². The summed E-state index contributed by atoms with van der Waals surface area (Å²) < 4.78 is 55.7. The average molecular weight is 651 g/mol. The van der Waals surface area contributed by atoms with E-state index in [1.54, 1.807) is 0 Å². The lowest BCUT2D eigenvalue weighted by Crippen LogP contribution is -2.16. The number of sulfone groups is 2. The first kappa shape index (κ1) is 28.8. The highest BCUT2D eigenvalue weighted by atomic mass is 79.9. The number of rotatable bonds is 14. The fraction of sp³-hybridized carbons (Fsp3) is 0.727. The average Bonchev–Trinajstić information content (AvgIpc) is 3.20. The molecule has 2 aromatic rings. The molecule has 0 fully saturated rings. The van der Waals surface area contributed by atoms with Crippen LogP contribution in [0.1, 0.15) is 79.1 Å². The van der Waals surface area contributed by atoms with Crippen molar-refractivity contribution in [2.75, 3.05) is 11.5 Å². The third-order valence-corrected chi connectivity index (χ3v) is 14.8. The molecule has 0 aliphatic heterocycles. The van der Waals surface area contributed by atoms with Crippen LogP contribution in [0.4, 0.5) is 0 Å². The standard InChI is InChI=1S/C22H34Br2O4S4/c1-5-9-11-15(7-3)13-31(25,26)19-17-18(30-21(19)23)20(22(24)29-17)32(27,28)14-16(8-4)12-10-6-2/h15-16H,5-14H2,1-4H3. The zero-order valence-electron chi connectivity index (χ0n) is 19.2. The van der Waals surface area contributed by atoms with Gasteiger partial charge >= 0.3 is 0 Å². The first-order chi connectivity index (χ1) is 15.0. The molecule has 184 valence electrons. The van der Waals surface area contributed by atoms with Gasteiger partial charge in [-0.15, -0.1) is 22.7 Å². The summed E-state index contributed by atoms with van der Waals surface area (Å²) >= 11 is 9.35. The largest absolute Gasteiger partial charge is 0.224 e. The van der Waals surface area contributed by atoms with Gasteiger partial charge in [0, 0.05) is 0 Å². The van der Waals surface area contributed by atoms with Crippen molar-refractivity contribution in [2.24, 2.45) is 11.8 Å². The van der Waals surface area contributed by atoms with Crippen molar-refractivity contribution >= 4 is 83.6 Å². The molecule has 0 saturated carbocycles. The van der Waals surface area contributed by atoms with Gasteiger partial charge in [0.15, 0.2) is 19.7 Å². The van der Waals surface area contributed by atoms with Crippen molar-refractivity contribution in [1.82, 2.24) is 0 Å². The van der Waals surface area contributed by atoms with Crippen LogP contribution in [0.5, 0.6) is 0 Å². The van der Waals surface area contributed by atoms with Gasteiger partial charge < -0.3 is 0 Å². The zero-order valence-corrected chi connectivity index (χ0v) is 25.7. The van der Waals surface area contributed by atoms with Gasteiger partial charge in [0.2, 0.25) is 0 Å². The molecule has 2 unspecified atom stereocenters. The number of halogens is 2. The van der Waals surface area contributed by atoms with Gasteiger partial charge in [-0.05, 0) is 56.5 Å². The summed E-state index contributed by atoms with van der Waals surface area (Å²) in [6, 6.07) is 0. The van der Waals surface area contributed by atoms with E-state index in [0.717, 1.165) is 51.4 Å². The van der Waals surface area contributed by atoms with Crippen molar-refractivity contribution in [3.8, 4) is 0 Å². The smallest absolute Gasteiger partial charge is 0.182 e. The van der Waals surface area contributed by atoms with E-state index in [0.29, 0.717) is 17.0 Å². The van der Waals surface area contributed by atoms with Crippen molar-refractivity contribution < 1.29 is 16.8 Å². The second kappa shape index (κ2) is 12.5. The number of hydrogen-bond donors (Lipinski definition) is 0. The third kappa shape index (κ3) is 6.80. The quantitative estimate of drug-likeness (QED) is 0.206. The van der Waals surface area contributed by atoms with E-state index in [2.05, 4.69) is 45.7 Å². The maximum Gasteiger partial charge on any atom is 0.182 e. The Labute approximate surface area is 218 Å². The lowest BCUT2D eigenvalue weighted by atomic mass is 10.0. The molecule has 32 heavy (non-hydrogen) atoms. The molecule has 0 aliphatic carbocycles. The molecule has 2 aromatic heterocycles. The van der Waals surface area contributed by atoms with Crippen molar-refractivity contribution in [1.29, 1.82) is 0 Å². The van der Waals surface area contributed by atoms with E-state index in [4.69, 9.17) is 0 Å². The maximum absolute atomic E-state index is 13.4. The van der Waals surface area contributed by atoms with Crippen LogP contribution in [-0.4, -0.2) is 28.3 Å². The molecule has 10 heteroatoms. The van der Waals surface area contributed by atoms with Gasteiger partial charge in [-0.25, -0.2) is 16.8 Å². The van der Waals surface area contributed by atoms with E-state index in [1.807, 2.05) is 13.8 Å². The van der Waals surface area contributed by atoms with Gasteiger partial charge in [-0.2, -0.15) is 0 Å². The summed E-state index contributed by atoms with van der Waals surface area (Å²) in [6.45, 7) is 8.28. The predicted octanol–water partition coefficient (Wildman–Crippen LogP) is 8.47. The Bertz CT molecular complexity index is 1010. The summed E-state index contributed by atoms with van der Waals surface area (Å²) in [5.74, 6) is 0.413. The molecule has 0 aliphatic rings. The monoisotopic (exact) mass is 648 g/mol. The summed E-state index contributed by atoms with van der Waals surface area (Å²) in [7, 11) is -7.09. The molecule has 0 saturated heterocycles. The lowest BCUT2D eigenvalue weighted by molar-refractivity contribution is 0.483. The second-order valence-electron chi connectivity index (χ2n) is 8.46. The zero-order chi connectivity index (χ0) is 24.1. The summed E-state index contributed by atoms with van der Waals surface area (Å²) in [4.78, 5) is 0.523. The Balaban J connectivity index is 2.48. The number of unbranched alkanes of at least 4 members (excludes halogenated alkanes) is 2. The number of thiophene rings is 2. The van der Waals surface area contributed by atoms with E-state index < -0.39 is 19.7 Å². The Morgan fingerprint density at radius 2 is 1.03 bits per heavy atom.